The van der Waals surface area contributed by atoms with E-state index < -0.39 is 0 Å². The maximum Gasteiger partial charge on any atom is 0.257 e. The molecule has 0 aromatic carbocycles. The number of hydrogen-bond acceptors (Lipinski definition) is 3. The van der Waals surface area contributed by atoms with Gasteiger partial charge in [0.25, 0.3) is 5.91 Å². The lowest BCUT2D eigenvalue weighted by Crippen LogP contribution is -2.41. The molecular formula is C11H17ClN2O2. The molecule has 1 heterocycles. The van der Waals surface area contributed by atoms with Crippen molar-refractivity contribution < 1.29 is 9.21 Å². The van der Waals surface area contributed by atoms with Gasteiger partial charge in [-0.3, -0.25) is 4.79 Å². The fraction of sp³-hybridized carbons (Fsp3) is 0.545. The summed E-state index contributed by atoms with van der Waals surface area (Å²) in [5.74, 6) is 0.684. The average molecular weight is 245 g/mol. The summed E-state index contributed by atoms with van der Waals surface area (Å²) in [6, 6.07) is 2.13. The Morgan fingerprint density at radius 3 is 2.75 bits per heavy atom. The van der Waals surface area contributed by atoms with Crippen LogP contribution in [0.4, 0.5) is 0 Å². The van der Waals surface area contributed by atoms with Gasteiger partial charge in [-0.25, -0.2) is 0 Å². The predicted molar refractivity (Wildman–Crippen MR) is 63.6 cm³/mol. The first-order valence-electron chi connectivity index (χ1n) is 5.27. The molecule has 90 valence electrons. The first-order chi connectivity index (χ1) is 7.22. The Bertz CT molecular complexity index is 361. The van der Waals surface area contributed by atoms with Crippen molar-refractivity contribution in [2.75, 3.05) is 7.05 Å². The molecule has 1 aromatic rings. The number of nitrogens with zero attached hydrogens (tertiary/aromatic N) is 1. The van der Waals surface area contributed by atoms with Gasteiger partial charge in [0.2, 0.25) is 0 Å². The van der Waals surface area contributed by atoms with Crippen LogP contribution in [0.3, 0.4) is 0 Å². The van der Waals surface area contributed by atoms with Crippen LogP contribution in [-0.4, -0.2) is 23.9 Å². The Morgan fingerprint density at radius 1 is 1.62 bits per heavy atom. The Balaban J connectivity index is 0.00000128. The minimum atomic E-state index is 0. The van der Waals surface area contributed by atoms with E-state index >= 15 is 0 Å². The van der Waals surface area contributed by atoms with E-state index in [-0.39, 0.29) is 18.3 Å². The van der Waals surface area contributed by atoms with Crippen LogP contribution < -0.4 is 5.73 Å². The van der Waals surface area contributed by atoms with Crippen molar-refractivity contribution in [1.29, 1.82) is 0 Å². The third-order valence-corrected chi connectivity index (χ3v) is 3.04. The summed E-state index contributed by atoms with van der Waals surface area (Å²) < 4.78 is 5.14. The van der Waals surface area contributed by atoms with Crippen LogP contribution in [0.25, 0.3) is 0 Å². The molecule has 16 heavy (non-hydrogen) atoms. The first kappa shape index (κ1) is 13.1. The van der Waals surface area contributed by atoms with Crippen LogP contribution in [-0.2, 0) is 6.54 Å². The molecule has 0 spiro atoms. The summed E-state index contributed by atoms with van der Waals surface area (Å²) in [4.78, 5) is 13.7. The van der Waals surface area contributed by atoms with E-state index in [0.29, 0.717) is 23.9 Å². The van der Waals surface area contributed by atoms with Crippen molar-refractivity contribution in [2.24, 2.45) is 5.73 Å². The van der Waals surface area contributed by atoms with Crippen LogP contribution in [0.15, 0.2) is 16.7 Å². The largest absolute Gasteiger partial charge is 0.467 e. The molecule has 1 amide bonds. The quantitative estimate of drug-likeness (QED) is 0.882. The van der Waals surface area contributed by atoms with Crippen LogP contribution >= 0.6 is 12.4 Å². The summed E-state index contributed by atoms with van der Waals surface area (Å²) in [6.07, 6.45) is 4.94. The number of halogens is 1. The van der Waals surface area contributed by atoms with Gasteiger partial charge in [0.05, 0.1) is 12.1 Å². The van der Waals surface area contributed by atoms with E-state index in [0.717, 1.165) is 12.8 Å². The summed E-state index contributed by atoms with van der Waals surface area (Å²) in [5, 5.41) is 0. The van der Waals surface area contributed by atoms with E-state index in [1.807, 2.05) is 7.05 Å². The SMILES string of the molecule is CN(C(=O)c1coc(CN)c1)C1CCC1.Cl. The molecule has 0 saturated heterocycles. The highest BCUT2D eigenvalue weighted by molar-refractivity contribution is 5.94. The molecule has 0 bridgehead atoms. The van der Waals surface area contributed by atoms with E-state index in [4.69, 9.17) is 10.2 Å². The molecule has 1 aliphatic rings. The molecule has 5 heteroatoms. The average Bonchev–Trinajstić information content (AvgIpc) is 2.61. The molecule has 1 aliphatic carbocycles. The number of nitrogens with two attached hydrogens (primary N) is 1. The molecule has 1 aromatic heterocycles. The van der Waals surface area contributed by atoms with Gasteiger partial charge in [0, 0.05) is 13.1 Å². The molecule has 1 fully saturated rings. The number of hydrogen-bond donors (Lipinski definition) is 1. The Labute approximate surface area is 101 Å². The molecular weight excluding hydrogens is 228 g/mol. The molecule has 0 aliphatic heterocycles. The lowest BCUT2D eigenvalue weighted by atomic mass is 9.91. The highest BCUT2D eigenvalue weighted by atomic mass is 35.5. The van der Waals surface area contributed by atoms with Crippen molar-refractivity contribution in [3.8, 4) is 0 Å². The molecule has 1 saturated carbocycles. The highest BCUT2D eigenvalue weighted by Crippen LogP contribution is 2.25. The van der Waals surface area contributed by atoms with Crippen molar-refractivity contribution in [2.45, 2.75) is 31.8 Å². The van der Waals surface area contributed by atoms with Crippen molar-refractivity contribution >= 4 is 18.3 Å². The predicted octanol–water partition coefficient (Wildman–Crippen LogP) is 1.78. The number of carbonyl (C=O) groups excluding carboxylic acids is 1. The molecule has 0 atom stereocenters. The minimum absolute atomic E-state index is 0. The second-order valence-electron chi connectivity index (χ2n) is 4.01. The van der Waals surface area contributed by atoms with E-state index in [1.165, 1.54) is 12.7 Å². The summed E-state index contributed by atoms with van der Waals surface area (Å²) in [6.45, 7) is 0.334. The fourth-order valence-corrected chi connectivity index (χ4v) is 1.74. The summed E-state index contributed by atoms with van der Waals surface area (Å²) in [5.41, 5.74) is 6.02. The van der Waals surface area contributed by atoms with Gasteiger partial charge in [-0.15, -0.1) is 12.4 Å². The van der Waals surface area contributed by atoms with Gasteiger partial charge in [0.15, 0.2) is 0 Å². The minimum Gasteiger partial charge on any atom is -0.467 e. The summed E-state index contributed by atoms with van der Waals surface area (Å²) in [7, 11) is 1.85. The molecule has 0 radical (unpaired) electrons. The second-order valence-corrected chi connectivity index (χ2v) is 4.01. The van der Waals surface area contributed by atoms with Gasteiger partial charge in [-0.2, -0.15) is 0 Å². The first-order valence-corrected chi connectivity index (χ1v) is 5.27. The zero-order valence-electron chi connectivity index (χ0n) is 9.31. The Morgan fingerprint density at radius 2 is 2.31 bits per heavy atom. The van der Waals surface area contributed by atoms with Gasteiger partial charge >= 0.3 is 0 Å². The van der Waals surface area contributed by atoms with Crippen molar-refractivity contribution in [3.63, 3.8) is 0 Å². The van der Waals surface area contributed by atoms with Gasteiger partial charge in [-0.1, -0.05) is 0 Å². The lowest BCUT2D eigenvalue weighted by molar-refractivity contribution is 0.0651. The van der Waals surface area contributed by atoms with E-state index in [2.05, 4.69) is 0 Å². The van der Waals surface area contributed by atoms with Crippen molar-refractivity contribution in [3.05, 3.63) is 23.7 Å². The number of furan rings is 1. The maximum atomic E-state index is 11.9. The smallest absolute Gasteiger partial charge is 0.257 e. The highest BCUT2D eigenvalue weighted by Gasteiger charge is 2.26. The van der Waals surface area contributed by atoms with Crippen LogP contribution in [0, 0.1) is 0 Å². The maximum absolute atomic E-state index is 11.9. The fourth-order valence-electron chi connectivity index (χ4n) is 1.74. The number of carbonyl (C=O) groups is 1. The number of rotatable bonds is 3. The van der Waals surface area contributed by atoms with E-state index in [9.17, 15) is 4.79 Å². The number of amides is 1. The van der Waals surface area contributed by atoms with Crippen molar-refractivity contribution in [1.82, 2.24) is 4.90 Å². The second kappa shape index (κ2) is 5.37. The zero-order chi connectivity index (χ0) is 10.8. The van der Waals surface area contributed by atoms with Crippen LogP contribution in [0.5, 0.6) is 0 Å². The van der Waals surface area contributed by atoms with E-state index in [1.54, 1.807) is 11.0 Å². The lowest BCUT2D eigenvalue weighted by Gasteiger charge is -2.34. The monoisotopic (exact) mass is 244 g/mol. The summed E-state index contributed by atoms with van der Waals surface area (Å²) >= 11 is 0. The standard InChI is InChI=1S/C11H16N2O2.ClH/c1-13(9-3-2-4-9)11(14)8-5-10(6-12)15-7-8;/h5,7,9H,2-4,6,12H2,1H3;1H. The Kier molecular flexibility index (Phi) is 4.38. The third kappa shape index (κ3) is 2.39. The normalized spacial score (nSPS) is 15.1. The Hall–Kier alpha value is -1.00. The van der Waals surface area contributed by atoms with Gasteiger partial charge < -0.3 is 15.1 Å². The molecule has 2 rings (SSSR count). The van der Waals surface area contributed by atoms with Crippen LogP contribution in [0.2, 0.25) is 0 Å². The third-order valence-electron chi connectivity index (χ3n) is 3.04. The molecule has 0 unspecified atom stereocenters. The van der Waals surface area contributed by atoms with Gasteiger partial charge in [-0.05, 0) is 25.3 Å². The zero-order valence-corrected chi connectivity index (χ0v) is 10.1. The van der Waals surface area contributed by atoms with Crippen LogP contribution in [0.1, 0.15) is 35.4 Å². The van der Waals surface area contributed by atoms with Gasteiger partial charge in [0.1, 0.15) is 12.0 Å². The molecule has 2 N–H and O–H groups in total. The molecule has 4 nitrogen and oxygen atoms in total. The topological polar surface area (TPSA) is 59.5 Å².